The van der Waals surface area contributed by atoms with Gasteiger partial charge in [0.15, 0.2) is 0 Å². The van der Waals surface area contributed by atoms with E-state index in [0.717, 1.165) is 0 Å². The van der Waals surface area contributed by atoms with Crippen LogP contribution in [0.3, 0.4) is 0 Å². The molecule has 3 aromatic rings. The Hall–Kier alpha value is -3.19. The second kappa shape index (κ2) is 8.45. The van der Waals surface area contributed by atoms with Crippen LogP contribution >= 0.6 is 11.6 Å². The highest BCUT2D eigenvalue weighted by atomic mass is 35.5. The third-order valence-corrected chi connectivity index (χ3v) is 4.67. The fourth-order valence-corrected chi connectivity index (χ4v) is 2.80. The Labute approximate surface area is 172 Å². The molecule has 7 nitrogen and oxygen atoms in total. The van der Waals surface area contributed by atoms with E-state index in [9.17, 15) is 14.4 Å². The average Bonchev–Trinajstić information content (AvgIpc) is 2.72. The van der Waals surface area contributed by atoms with Gasteiger partial charge >= 0.3 is 0 Å². The van der Waals surface area contributed by atoms with Gasteiger partial charge in [-0.2, -0.15) is 0 Å². The topological polar surface area (TPSA) is 100 Å². The van der Waals surface area contributed by atoms with Crippen LogP contribution in [-0.2, 0) is 0 Å². The molecule has 0 spiro atoms. The van der Waals surface area contributed by atoms with Crippen molar-refractivity contribution in [1.29, 1.82) is 0 Å². The molecule has 0 aliphatic carbocycles. The maximum atomic E-state index is 12.3. The molecule has 1 heterocycles. The summed E-state index contributed by atoms with van der Waals surface area (Å²) in [4.78, 5) is 40.1. The number of anilines is 3. The molecule has 0 bridgehead atoms. The normalized spacial score (nSPS) is 11.3. The van der Waals surface area contributed by atoms with Crippen LogP contribution in [0, 0.1) is 5.41 Å². The molecule has 0 aliphatic heterocycles. The highest BCUT2D eigenvalue weighted by Gasteiger charge is 2.25. The van der Waals surface area contributed by atoms with E-state index >= 15 is 0 Å². The Bertz CT molecular complexity index is 1070. The van der Waals surface area contributed by atoms with E-state index in [1.165, 1.54) is 0 Å². The monoisotopic (exact) mass is 412 g/mol. The van der Waals surface area contributed by atoms with Gasteiger partial charge in [-0.15, -0.1) is 0 Å². The van der Waals surface area contributed by atoms with Crippen LogP contribution in [0.5, 0.6) is 0 Å². The molecule has 0 atom stereocenters. The Morgan fingerprint density at radius 1 is 1.03 bits per heavy atom. The van der Waals surface area contributed by atoms with E-state index in [-0.39, 0.29) is 22.7 Å². The number of hydrogen-bond donors (Lipinski definition) is 3. The van der Waals surface area contributed by atoms with Crippen LogP contribution < -0.4 is 26.8 Å². The Balaban J connectivity index is 1.58. The molecule has 8 heteroatoms. The van der Waals surface area contributed by atoms with Crippen molar-refractivity contribution < 1.29 is 4.79 Å². The van der Waals surface area contributed by atoms with Crippen molar-refractivity contribution in [1.82, 2.24) is 10.3 Å². The smallest absolute Gasteiger partial charge is 0.253 e. The van der Waals surface area contributed by atoms with Gasteiger partial charge in [-0.05, 0) is 41.8 Å². The molecule has 3 rings (SSSR count). The standard InChI is InChI=1S/C21H21ClN4O3/c1-21(2,12-25-20(29)13-5-7-14(22)8-6-13)11-24-16-17(19(28)18(16)27)26-15-4-3-9-23-10-15/h3-10,24,26H,11-12H2,1-2H3,(H,25,29). The summed E-state index contributed by atoms with van der Waals surface area (Å²) in [6.07, 6.45) is 3.18. The third kappa shape index (κ3) is 5.00. The summed E-state index contributed by atoms with van der Waals surface area (Å²) in [5, 5.41) is 9.40. The molecular formula is C21H21ClN4O3. The minimum absolute atomic E-state index is 0.206. The van der Waals surface area contributed by atoms with E-state index < -0.39 is 10.9 Å². The number of aromatic nitrogens is 1. The van der Waals surface area contributed by atoms with Crippen molar-refractivity contribution in [3.63, 3.8) is 0 Å². The van der Waals surface area contributed by atoms with Crippen molar-refractivity contribution in [2.45, 2.75) is 13.8 Å². The van der Waals surface area contributed by atoms with E-state index in [4.69, 9.17) is 11.6 Å². The number of carbonyl (C=O) groups excluding carboxylic acids is 1. The fraction of sp³-hybridized carbons (Fsp3) is 0.238. The first-order valence-corrected chi connectivity index (χ1v) is 9.43. The lowest BCUT2D eigenvalue weighted by atomic mass is 9.93. The van der Waals surface area contributed by atoms with Gasteiger partial charge in [0, 0.05) is 29.9 Å². The molecule has 0 saturated carbocycles. The number of halogens is 1. The minimum Gasteiger partial charge on any atom is -0.379 e. The number of hydrogen-bond acceptors (Lipinski definition) is 6. The fourth-order valence-electron chi connectivity index (χ4n) is 2.67. The summed E-state index contributed by atoms with van der Waals surface area (Å²) in [5.41, 5.74) is 0.122. The quantitative estimate of drug-likeness (QED) is 0.492. The predicted octanol–water partition coefficient (Wildman–Crippen LogP) is 2.94. The molecule has 0 unspecified atom stereocenters. The first-order valence-electron chi connectivity index (χ1n) is 9.05. The number of carbonyl (C=O) groups is 1. The van der Waals surface area contributed by atoms with E-state index in [2.05, 4.69) is 20.9 Å². The SMILES string of the molecule is CC(C)(CNC(=O)c1ccc(Cl)cc1)CNc1c(Nc2cccnc2)c(=O)c1=O. The molecule has 1 amide bonds. The van der Waals surface area contributed by atoms with Gasteiger partial charge in [-0.3, -0.25) is 19.4 Å². The van der Waals surface area contributed by atoms with Crippen LogP contribution in [-0.4, -0.2) is 24.0 Å². The lowest BCUT2D eigenvalue weighted by molar-refractivity contribution is 0.0938. The largest absolute Gasteiger partial charge is 0.379 e. The Morgan fingerprint density at radius 3 is 2.38 bits per heavy atom. The zero-order valence-corrected chi connectivity index (χ0v) is 16.8. The number of benzene rings is 1. The van der Waals surface area contributed by atoms with Crippen LogP contribution in [0.1, 0.15) is 24.2 Å². The van der Waals surface area contributed by atoms with Gasteiger partial charge in [-0.1, -0.05) is 25.4 Å². The van der Waals surface area contributed by atoms with Gasteiger partial charge in [0.2, 0.25) is 0 Å². The molecule has 1 aromatic heterocycles. The molecule has 0 saturated heterocycles. The molecule has 2 aromatic carbocycles. The molecular weight excluding hydrogens is 392 g/mol. The van der Waals surface area contributed by atoms with Crippen LogP contribution in [0.4, 0.5) is 17.1 Å². The highest BCUT2D eigenvalue weighted by molar-refractivity contribution is 6.30. The van der Waals surface area contributed by atoms with Gasteiger partial charge in [-0.25, -0.2) is 0 Å². The summed E-state index contributed by atoms with van der Waals surface area (Å²) in [6.45, 7) is 4.66. The zero-order chi connectivity index (χ0) is 21.0. The number of nitrogens with zero attached hydrogens (tertiary/aromatic N) is 1. The van der Waals surface area contributed by atoms with Crippen LogP contribution in [0.15, 0.2) is 58.4 Å². The number of rotatable bonds is 8. The van der Waals surface area contributed by atoms with Crippen molar-refractivity contribution in [3.8, 4) is 0 Å². The van der Waals surface area contributed by atoms with Gasteiger partial charge in [0.05, 0.1) is 11.9 Å². The molecule has 150 valence electrons. The van der Waals surface area contributed by atoms with E-state index in [1.54, 1.807) is 48.8 Å². The number of pyridine rings is 1. The third-order valence-electron chi connectivity index (χ3n) is 4.42. The van der Waals surface area contributed by atoms with E-state index in [0.29, 0.717) is 29.4 Å². The molecule has 29 heavy (non-hydrogen) atoms. The van der Waals surface area contributed by atoms with Crippen molar-refractivity contribution in [3.05, 3.63) is 79.8 Å². The lowest BCUT2D eigenvalue weighted by Crippen LogP contribution is -2.41. The summed E-state index contributed by atoms with van der Waals surface area (Å²) >= 11 is 5.84. The van der Waals surface area contributed by atoms with Gasteiger partial charge in [0.25, 0.3) is 16.8 Å². The summed E-state index contributed by atoms with van der Waals surface area (Å²) in [7, 11) is 0. The average molecular weight is 413 g/mol. The van der Waals surface area contributed by atoms with Crippen LogP contribution in [0.2, 0.25) is 5.02 Å². The van der Waals surface area contributed by atoms with Crippen LogP contribution in [0.25, 0.3) is 0 Å². The number of amides is 1. The molecule has 0 aliphatic rings. The Kier molecular flexibility index (Phi) is 5.98. The second-order valence-electron chi connectivity index (χ2n) is 7.48. The first kappa shape index (κ1) is 20.5. The predicted molar refractivity (Wildman–Crippen MR) is 115 cm³/mol. The summed E-state index contributed by atoms with van der Waals surface area (Å²) in [5.74, 6) is -0.206. The zero-order valence-electron chi connectivity index (χ0n) is 16.1. The van der Waals surface area contributed by atoms with Crippen molar-refractivity contribution >= 4 is 34.6 Å². The molecule has 0 fully saturated rings. The van der Waals surface area contributed by atoms with E-state index in [1.807, 2.05) is 13.8 Å². The maximum Gasteiger partial charge on any atom is 0.253 e. The minimum atomic E-state index is -0.565. The molecule has 3 N–H and O–H groups in total. The summed E-state index contributed by atoms with van der Waals surface area (Å²) < 4.78 is 0. The Morgan fingerprint density at radius 2 is 1.72 bits per heavy atom. The van der Waals surface area contributed by atoms with Gasteiger partial charge < -0.3 is 16.0 Å². The second-order valence-corrected chi connectivity index (χ2v) is 7.92. The van der Waals surface area contributed by atoms with Crippen molar-refractivity contribution in [2.75, 3.05) is 23.7 Å². The van der Waals surface area contributed by atoms with Gasteiger partial charge in [0.1, 0.15) is 11.4 Å². The van der Waals surface area contributed by atoms with Crippen molar-refractivity contribution in [2.24, 2.45) is 5.41 Å². The lowest BCUT2D eigenvalue weighted by Gasteiger charge is -2.27. The number of nitrogens with one attached hydrogen (secondary N) is 3. The first-order chi connectivity index (χ1) is 13.8. The summed E-state index contributed by atoms with van der Waals surface area (Å²) in [6, 6.07) is 10.1. The molecule has 0 radical (unpaired) electrons. The maximum absolute atomic E-state index is 12.3. The highest BCUT2D eigenvalue weighted by Crippen LogP contribution is 2.22.